The molecule has 35 heavy (non-hydrogen) atoms. The van der Waals surface area contributed by atoms with Gasteiger partial charge in [-0.3, -0.25) is 4.79 Å². The van der Waals surface area contributed by atoms with E-state index in [-0.39, 0.29) is 29.5 Å². The van der Waals surface area contributed by atoms with Crippen molar-refractivity contribution in [3.63, 3.8) is 0 Å². The summed E-state index contributed by atoms with van der Waals surface area (Å²) < 4.78 is 15.2. The molecule has 0 saturated heterocycles. The summed E-state index contributed by atoms with van der Waals surface area (Å²) in [5.74, 6) is 1.87. The van der Waals surface area contributed by atoms with Crippen LogP contribution in [0.15, 0.2) is 18.2 Å². The van der Waals surface area contributed by atoms with Gasteiger partial charge in [0.15, 0.2) is 5.78 Å². The zero-order valence-electron chi connectivity index (χ0n) is 21.9. The Hall–Kier alpha value is -1.82. The molecule has 6 heteroatoms. The summed E-state index contributed by atoms with van der Waals surface area (Å²) >= 11 is 0. The van der Waals surface area contributed by atoms with Crippen LogP contribution in [0, 0.1) is 40.3 Å². The van der Waals surface area contributed by atoms with Crippen molar-refractivity contribution in [1.82, 2.24) is 15.0 Å². The van der Waals surface area contributed by atoms with Crippen molar-refractivity contribution in [3.8, 4) is 0 Å². The van der Waals surface area contributed by atoms with Gasteiger partial charge in [0.2, 0.25) is 0 Å². The van der Waals surface area contributed by atoms with Gasteiger partial charge in [0.25, 0.3) is 0 Å². The lowest BCUT2D eigenvalue weighted by Crippen LogP contribution is -2.50. The first-order chi connectivity index (χ1) is 16.6. The van der Waals surface area contributed by atoms with Crippen LogP contribution in [-0.4, -0.2) is 31.5 Å². The standard InChI is InChI=1S/C29H42FN3O2/c1-5-6-20-21(27(2)13-15-28(3,35)16-14-27)11-12-29(4)22(20)8-9-23(29)26(34)18-33-25-10-7-19(30)17-24(25)31-32-33/h7,10,17,20-23,35H,5-6,8-9,11-16,18H2,1-4H3/t20-,21+,22+,23-,27?,28?,29+/m1/s1. The minimum Gasteiger partial charge on any atom is -0.390 e. The number of benzene rings is 1. The Balaban J connectivity index is 1.35. The highest BCUT2D eigenvalue weighted by Gasteiger charge is 2.58. The topological polar surface area (TPSA) is 68.0 Å². The predicted octanol–water partition coefficient (Wildman–Crippen LogP) is 6.33. The Morgan fingerprint density at radius 2 is 1.83 bits per heavy atom. The van der Waals surface area contributed by atoms with Crippen LogP contribution >= 0.6 is 0 Å². The largest absolute Gasteiger partial charge is 0.390 e. The number of aliphatic hydroxyl groups is 1. The number of aromatic nitrogens is 3. The maximum atomic E-state index is 13.7. The Kier molecular flexibility index (Phi) is 6.34. The molecule has 0 amide bonds. The Morgan fingerprint density at radius 1 is 1.09 bits per heavy atom. The lowest BCUT2D eigenvalue weighted by Gasteiger charge is -2.56. The molecule has 1 heterocycles. The highest BCUT2D eigenvalue weighted by Crippen LogP contribution is 2.64. The number of carbonyl (C=O) groups excluding carboxylic acids is 1. The Bertz CT molecular complexity index is 1080. The summed E-state index contributed by atoms with van der Waals surface area (Å²) in [4.78, 5) is 13.7. The second-order valence-corrected chi connectivity index (χ2v) is 12.8. The molecule has 3 aliphatic rings. The van der Waals surface area contributed by atoms with Gasteiger partial charge in [0.1, 0.15) is 17.9 Å². The van der Waals surface area contributed by atoms with E-state index in [1.807, 2.05) is 6.92 Å². The average Bonchev–Trinajstić information content (AvgIpc) is 3.36. The average molecular weight is 484 g/mol. The maximum absolute atomic E-state index is 13.7. The number of halogens is 1. The SMILES string of the molecule is CCC[C@@H]1[C@@H](C2(C)CCC(C)(O)CC2)CC[C@]2(C)[C@@H](C(=O)Cn3nnc4cc(F)ccc43)CC[C@@H]12. The fourth-order valence-corrected chi connectivity index (χ4v) is 8.47. The molecule has 3 saturated carbocycles. The molecule has 3 fully saturated rings. The van der Waals surface area contributed by atoms with Gasteiger partial charge in [-0.05, 0) is 99.0 Å². The van der Waals surface area contributed by atoms with E-state index >= 15 is 0 Å². The number of carbonyl (C=O) groups is 1. The summed E-state index contributed by atoms with van der Waals surface area (Å²) in [6.45, 7) is 9.37. The van der Waals surface area contributed by atoms with Gasteiger partial charge < -0.3 is 5.11 Å². The van der Waals surface area contributed by atoms with Crippen LogP contribution in [0.4, 0.5) is 4.39 Å². The molecular weight excluding hydrogens is 441 g/mol. The molecule has 3 aliphatic carbocycles. The number of ketones is 1. The van der Waals surface area contributed by atoms with E-state index in [9.17, 15) is 14.3 Å². The highest BCUT2D eigenvalue weighted by atomic mass is 19.1. The van der Waals surface area contributed by atoms with Crippen molar-refractivity contribution in [2.75, 3.05) is 0 Å². The quantitative estimate of drug-likeness (QED) is 0.521. The van der Waals surface area contributed by atoms with Crippen LogP contribution in [0.2, 0.25) is 0 Å². The molecule has 0 aliphatic heterocycles. The van der Waals surface area contributed by atoms with Crippen LogP contribution in [-0.2, 0) is 11.3 Å². The van der Waals surface area contributed by atoms with Gasteiger partial charge in [-0.2, -0.15) is 0 Å². The molecule has 5 rings (SSSR count). The van der Waals surface area contributed by atoms with E-state index in [4.69, 9.17) is 0 Å². The zero-order chi connectivity index (χ0) is 25.0. The van der Waals surface area contributed by atoms with Crippen molar-refractivity contribution >= 4 is 16.8 Å². The molecule has 1 aromatic heterocycles. The molecule has 0 unspecified atom stereocenters. The first kappa shape index (κ1) is 24.9. The molecule has 0 radical (unpaired) electrons. The first-order valence-electron chi connectivity index (χ1n) is 13.8. The van der Waals surface area contributed by atoms with E-state index in [1.54, 1.807) is 10.7 Å². The smallest absolute Gasteiger partial charge is 0.157 e. The minimum atomic E-state index is -0.509. The molecule has 0 bridgehead atoms. The molecule has 0 spiro atoms. The van der Waals surface area contributed by atoms with E-state index in [0.29, 0.717) is 34.2 Å². The minimum absolute atomic E-state index is 0.0342. The van der Waals surface area contributed by atoms with Crippen molar-refractivity contribution < 1.29 is 14.3 Å². The summed E-state index contributed by atoms with van der Waals surface area (Å²) in [6, 6.07) is 4.45. The van der Waals surface area contributed by atoms with E-state index in [2.05, 4.69) is 31.1 Å². The van der Waals surface area contributed by atoms with Gasteiger partial charge >= 0.3 is 0 Å². The summed E-state index contributed by atoms with van der Waals surface area (Å²) in [5.41, 5.74) is 1.03. The van der Waals surface area contributed by atoms with E-state index in [0.717, 1.165) is 44.9 Å². The van der Waals surface area contributed by atoms with Crippen molar-refractivity contribution in [2.45, 2.75) is 104 Å². The van der Waals surface area contributed by atoms with Gasteiger partial charge in [-0.25, -0.2) is 9.07 Å². The number of hydrogen-bond donors (Lipinski definition) is 1. The number of fused-ring (bicyclic) bond motifs is 2. The molecule has 2 aromatic rings. The van der Waals surface area contributed by atoms with E-state index in [1.165, 1.54) is 31.4 Å². The maximum Gasteiger partial charge on any atom is 0.157 e. The predicted molar refractivity (Wildman–Crippen MR) is 135 cm³/mol. The fourth-order valence-electron chi connectivity index (χ4n) is 8.47. The van der Waals surface area contributed by atoms with Gasteiger partial charge in [-0.1, -0.05) is 38.8 Å². The van der Waals surface area contributed by atoms with Crippen LogP contribution in [0.5, 0.6) is 0 Å². The summed E-state index contributed by atoms with van der Waals surface area (Å²) in [6.07, 6.45) is 10.8. The number of rotatable bonds is 6. The van der Waals surface area contributed by atoms with Crippen LogP contribution in [0.25, 0.3) is 11.0 Å². The monoisotopic (exact) mass is 483 g/mol. The summed E-state index contributed by atoms with van der Waals surface area (Å²) in [7, 11) is 0. The highest BCUT2D eigenvalue weighted by molar-refractivity contribution is 5.84. The van der Waals surface area contributed by atoms with Crippen LogP contribution < -0.4 is 0 Å². The van der Waals surface area contributed by atoms with Crippen LogP contribution in [0.3, 0.4) is 0 Å². The Morgan fingerprint density at radius 3 is 2.54 bits per heavy atom. The third kappa shape index (κ3) is 4.34. The Labute approximate surface area is 208 Å². The summed E-state index contributed by atoms with van der Waals surface area (Å²) in [5, 5.41) is 18.8. The molecule has 192 valence electrons. The van der Waals surface area contributed by atoms with Crippen molar-refractivity contribution in [1.29, 1.82) is 0 Å². The normalized spacial score (nSPS) is 39.6. The zero-order valence-corrected chi connectivity index (χ0v) is 21.9. The third-order valence-corrected chi connectivity index (χ3v) is 10.6. The third-order valence-electron chi connectivity index (χ3n) is 10.6. The van der Waals surface area contributed by atoms with Crippen molar-refractivity contribution in [2.24, 2.45) is 34.5 Å². The molecule has 1 N–H and O–H groups in total. The molecule has 5 atom stereocenters. The first-order valence-corrected chi connectivity index (χ1v) is 13.8. The van der Waals surface area contributed by atoms with E-state index < -0.39 is 5.60 Å². The molecule has 1 aromatic carbocycles. The lowest BCUT2D eigenvalue weighted by atomic mass is 9.49. The van der Waals surface area contributed by atoms with Gasteiger partial charge in [0.05, 0.1) is 11.1 Å². The second-order valence-electron chi connectivity index (χ2n) is 12.8. The number of nitrogens with zero attached hydrogens (tertiary/aromatic N) is 3. The van der Waals surface area contributed by atoms with Crippen LogP contribution in [0.1, 0.15) is 91.9 Å². The molecule has 5 nitrogen and oxygen atoms in total. The van der Waals surface area contributed by atoms with Gasteiger partial charge in [-0.15, -0.1) is 5.10 Å². The van der Waals surface area contributed by atoms with Gasteiger partial charge in [0, 0.05) is 12.0 Å². The lowest BCUT2D eigenvalue weighted by molar-refractivity contribution is -0.131. The van der Waals surface area contributed by atoms with Crippen molar-refractivity contribution in [3.05, 3.63) is 24.0 Å². The fraction of sp³-hybridized carbons (Fsp3) is 0.759. The second kappa shape index (κ2) is 8.93. The number of hydrogen-bond acceptors (Lipinski definition) is 4. The molecular formula is C29H42FN3O2. The number of Topliss-reactive ketones (excluding diaryl/α,β-unsaturated/α-hetero) is 1.